The number of amidine groups is 1. The number of aliphatic hydroxyl groups is 1. The van der Waals surface area contributed by atoms with E-state index >= 15 is 0 Å². The van der Waals surface area contributed by atoms with Crippen LogP contribution in [0, 0.1) is 11.2 Å². The number of rotatable bonds is 3. The van der Waals surface area contributed by atoms with Crippen LogP contribution in [0.25, 0.3) is 0 Å². The molecule has 1 aliphatic rings. The summed E-state index contributed by atoms with van der Waals surface area (Å²) in [5, 5.41) is 16.3. The molecule has 1 aromatic carbocycles. The highest BCUT2D eigenvalue weighted by Crippen LogP contribution is 2.22. The molecule has 1 aliphatic heterocycles. The van der Waals surface area contributed by atoms with E-state index in [1.807, 2.05) is 4.90 Å². The molecule has 1 heterocycles. The topological polar surface area (TPSA) is 82.6 Å². The number of hydrogen-bond acceptors (Lipinski definition) is 4. The molecule has 0 saturated carbocycles. The molecule has 2 rings (SSSR count). The van der Waals surface area contributed by atoms with Gasteiger partial charge in [-0.2, -0.15) is 0 Å². The van der Waals surface area contributed by atoms with Gasteiger partial charge in [0.1, 0.15) is 11.7 Å². The Hall–Kier alpha value is -1.66. The highest BCUT2D eigenvalue weighted by atomic mass is 19.1. The van der Waals surface area contributed by atoms with Crippen LogP contribution in [-0.2, 0) is 4.74 Å². The van der Waals surface area contributed by atoms with Crippen molar-refractivity contribution in [2.24, 2.45) is 5.73 Å². The molecule has 0 bridgehead atoms. The molecule has 1 atom stereocenters. The van der Waals surface area contributed by atoms with Crippen LogP contribution in [0.15, 0.2) is 18.2 Å². The Balaban J connectivity index is 2.20. The van der Waals surface area contributed by atoms with E-state index in [-0.39, 0.29) is 18.5 Å². The van der Waals surface area contributed by atoms with Crippen LogP contribution in [0.3, 0.4) is 0 Å². The van der Waals surface area contributed by atoms with Gasteiger partial charge in [0.2, 0.25) is 0 Å². The van der Waals surface area contributed by atoms with Crippen LogP contribution >= 0.6 is 0 Å². The number of nitrogens with one attached hydrogen (secondary N) is 1. The Labute approximate surface area is 104 Å². The van der Waals surface area contributed by atoms with Crippen LogP contribution in [0.1, 0.15) is 5.56 Å². The Kier molecular flexibility index (Phi) is 3.78. The fourth-order valence-electron chi connectivity index (χ4n) is 1.98. The van der Waals surface area contributed by atoms with Crippen molar-refractivity contribution < 1.29 is 14.2 Å². The van der Waals surface area contributed by atoms with E-state index < -0.39 is 5.82 Å². The van der Waals surface area contributed by atoms with E-state index in [4.69, 9.17) is 21.0 Å². The summed E-state index contributed by atoms with van der Waals surface area (Å²) < 4.78 is 19.2. The number of nitrogens with two attached hydrogens (primary N) is 1. The number of aliphatic hydroxyl groups excluding tert-OH is 1. The molecule has 18 heavy (non-hydrogen) atoms. The van der Waals surface area contributed by atoms with Crippen molar-refractivity contribution in [3.05, 3.63) is 29.6 Å². The van der Waals surface area contributed by atoms with Gasteiger partial charge < -0.3 is 20.5 Å². The second-order valence-electron chi connectivity index (χ2n) is 4.20. The number of benzene rings is 1. The van der Waals surface area contributed by atoms with Crippen LogP contribution in [-0.4, -0.2) is 43.3 Å². The third-order valence-electron chi connectivity index (χ3n) is 2.94. The standard InChI is InChI=1S/C12H16FN3O2/c13-10-5-8(12(14)15)1-2-11(10)16-3-4-18-9(6-16)7-17/h1-2,5,9,17H,3-4,6-7H2,(H3,14,15). The first-order valence-electron chi connectivity index (χ1n) is 5.73. The van der Waals surface area contributed by atoms with Crippen molar-refractivity contribution >= 4 is 11.5 Å². The van der Waals surface area contributed by atoms with Crippen molar-refractivity contribution in [3.63, 3.8) is 0 Å². The zero-order valence-corrected chi connectivity index (χ0v) is 9.90. The van der Waals surface area contributed by atoms with Crippen molar-refractivity contribution in [2.45, 2.75) is 6.10 Å². The van der Waals surface area contributed by atoms with Gasteiger partial charge >= 0.3 is 0 Å². The quantitative estimate of drug-likeness (QED) is 0.535. The minimum atomic E-state index is -0.415. The molecule has 0 amide bonds. The van der Waals surface area contributed by atoms with Crippen molar-refractivity contribution in [1.29, 1.82) is 5.41 Å². The Morgan fingerprint density at radius 1 is 1.61 bits per heavy atom. The minimum Gasteiger partial charge on any atom is -0.394 e. The van der Waals surface area contributed by atoms with Gasteiger partial charge in [-0.15, -0.1) is 0 Å². The number of morpholine rings is 1. The molecule has 98 valence electrons. The lowest BCUT2D eigenvalue weighted by molar-refractivity contribution is 0.00341. The van der Waals surface area contributed by atoms with Crippen molar-refractivity contribution in [3.8, 4) is 0 Å². The predicted molar refractivity (Wildman–Crippen MR) is 66.5 cm³/mol. The minimum absolute atomic E-state index is 0.0797. The number of halogens is 1. The first-order valence-corrected chi connectivity index (χ1v) is 5.73. The van der Waals surface area contributed by atoms with Crippen molar-refractivity contribution in [2.75, 3.05) is 31.2 Å². The number of anilines is 1. The Morgan fingerprint density at radius 3 is 3.00 bits per heavy atom. The van der Waals surface area contributed by atoms with Crippen LogP contribution in [0.4, 0.5) is 10.1 Å². The number of nitrogen functional groups attached to an aromatic ring is 1. The van der Waals surface area contributed by atoms with Gasteiger partial charge in [-0.3, -0.25) is 5.41 Å². The molecule has 1 fully saturated rings. The lowest BCUT2D eigenvalue weighted by atomic mass is 10.1. The zero-order chi connectivity index (χ0) is 13.1. The number of ether oxygens (including phenoxy) is 1. The summed E-state index contributed by atoms with van der Waals surface area (Å²) in [6.07, 6.45) is -0.286. The monoisotopic (exact) mass is 253 g/mol. The van der Waals surface area contributed by atoms with Gasteiger partial charge in [0, 0.05) is 18.7 Å². The second-order valence-corrected chi connectivity index (χ2v) is 4.20. The molecule has 0 aromatic heterocycles. The molecule has 5 nitrogen and oxygen atoms in total. The second kappa shape index (κ2) is 5.32. The fraction of sp³-hybridized carbons (Fsp3) is 0.417. The highest BCUT2D eigenvalue weighted by molar-refractivity contribution is 5.95. The predicted octanol–water partition coefficient (Wildman–Crippen LogP) is 0.307. The van der Waals surface area contributed by atoms with E-state index in [9.17, 15) is 4.39 Å². The fourth-order valence-corrected chi connectivity index (χ4v) is 1.98. The first kappa shape index (κ1) is 12.8. The summed E-state index contributed by atoms with van der Waals surface area (Å²) in [7, 11) is 0. The van der Waals surface area contributed by atoms with Crippen LogP contribution in [0.5, 0.6) is 0 Å². The molecule has 1 aromatic rings. The Bertz CT molecular complexity index is 453. The molecule has 0 radical (unpaired) electrons. The molecular weight excluding hydrogens is 237 g/mol. The molecule has 4 N–H and O–H groups in total. The van der Waals surface area contributed by atoms with E-state index in [0.29, 0.717) is 30.9 Å². The summed E-state index contributed by atoms with van der Waals surface area (Å²) in [5.74, 6) is -0.572. The molecule has 1 unspecified atom stereocenters. The summed E-state index contributed by atoms with van der Waals surface area (Å²) in [5.41, 5.74) is 6.11. The average molecular weight is 253 g/mol. The number of nitrogens with zero attached hydrogens (tertiary/aromatic N) is 1. The maximum absolute atomic E-state index is 13.9. The van der Waals surface area contributed by atoms with E-state index in [0.717, 1.165) is 0 Å². The normalized spacial score (nSPS) is 19.9. The van der Waals surface area contributed by atoms with Gasteiger partial charge in [0.15, 0.2) is 0 Å². The zero-order valence-electron chi connectivity index (χ0n) is 9.90. The molecule has 0 aliphatic carbocycles. The van der Waals surface area contributed by atoms with Gasteiger partial charge in [0.05, 0.1) is 25.0 Å². The van der Waals surface area contributed by atoms with Gasteiger partial charge in [-0.05, 0) is 18.2 Å². The number of hydrogen-bond donors (Lipinski definition) is 3. The summed E-state index contributed by atoms with van der Waals surface area (Å²) in [4.78, 5) is 1.82. The van der Waals surface area contributed by atoms with Gasteiger partial charge in [-0.1, -0.05) is 0 Å². The average Bonchev–Trinajstić information content (AvgIpc) is 2.38. The third kappa shape index (κ3) is 2.60. The molecule has 1 saturated heterocycles. The van der Waals surface area contributed by atoms with Gasteiger partial charge in [-0.25, -0.2) is 4.39 Å². The summed E-state index contributed by atoms with van der Waals surface area (Å²) in [6, 6.07) is 4.47. The molecule has 0 spiro atoms. The molecule has 6 heteroatoms. The van der Waals surface area contributed by atoms with E-state index in [2.05, 4.69) is 0 Å². The van der Waals surface area contributed by atoms with E-state index in [1.54, 1.807) is 12.1 Å². The summed E-state index contributed by atoms with van der Waals surface area (Å²) >= 11 is 0. The highest BCUT2D eigenvalue weighted by Gasteiger charge is 2.22. The van der Waals surface area contributed by atoms with Gasteiger partial charge in [0.25, 0.3) is 0 Å². The Morgan fingerprint density at radius 2 is 2.39 bits per heavy atom. The largest absolute Gasteiger partial charge is 0.394 e. The smallest absolute Gasteiger partial charge is 0.147 e. The SMILES string of the molecule is N=C(N)c1ccc(N2CCOC(CO)C2)c(F)c1. The maximum atomic E-state index is 13.9. The maximum Gasteiger partial charge on any atom is 0.147 e. The van der Waals surface area contributed by atoms with Crippen LogP contribution < -0.4 is 10.6 Å². The summed E-state index contributed by atoms with van der Waals surface area (Å²) in [6.45, 7) is 1.41. The third-order valence-corrected chi connectivity index (χ3v) is 2.94. The lowest BCUT2D eigenvalue weighted by Gasteiger charge is -2.33. The molecular formula is C12H16FN3O2. The van der Waals surface area contributed by atoms with E-state index in [1.165, 1.54) is 6.07 Å². The van der Waals surface area contributed by atoms with Crippen LogP contribution in [0.2, 0.25) is 0 Å². The lowest BCUT2D eigenvalue weighted by Crippen LogP contribution is -2.44. The first-order chi connectivity index (χ1) is 8.61. The van der Waals surface area contributed by atoms with Crippen molar-refractivity contribution in [1.82, 2.24) is 0 Å².